The summed E-state index contributed by atoms with van der Waals surface area (Å²) in [6.45, 7) is 1.38. The van der Waals surface area contributed by atoms with Crippen molar-refractivity contribution in [3.05, 3.63) is 70.9 Å². The van der Waals surface area contributed by atoms with Crippen LogP contribution in [0.1, 0.15) is 16.1 Å². The number of esters is 1. The van der Waals surface area contributed by atoms with E-state index in [0.29, 0.717) is 10.8 Å². The minimum Gasteiger partial charge on any atom is -0.452 e. The molecule has 0 aliphatic carbocycles. The van der Waals surface area contributed by atoms with Crippen molar-refractivity contribution in [3.8, 4) is 5.69 Å². The van der Waals surface area contributed by atoms with Gasteiger partial charge in [0.25, 0.3) is 5.91 Å². The van der Waals surface area contributed by atoms with Crippen LogP contribution in [0.15, 0.2) is 54.6 Å². The predicted molar refractivity (Wildman–Crippen MR) is 103 cm³/mol. The zero-order chi connectivity index (χ0) is 19.4. The van der Waals surface area contributed by atoms with Crippen LogP contribution in [0.2, 0.25) is 5.02 Å². The number of hydrogen-bond acceptors (Lipinski definition) is 5. The van der Waals surface area contributed by atoms with Crippen molar-refractivity contribution in [1.29, 1.82) is 0 Å². The van der Waals surface area contributed by atoms with E-state index in [4.69, 9.17) is 22.1 Å². The van der Waals surface area contributed by atoms with Crippen LogP contribution in [0.3, 0.4) is 0 Å². The van der Waals surface area contributed by atoms with E-state index < -0.39 is 18.5 Å². The molecule has 0 saturated heterocycles. The van der Waals surface area contributed by atoms with Gasteiger partial charge in [-0.2, -0.15) is 5.10 Å². The summed E-state index contributed by atoms with van der Waals surface area (Å²) < 4.78 is 6.64. The number of nitrogens with one attached hydrogen (secondary N) is 1. The summed E-state index contributed by atoms with van der Waals surface area (Å²) in [7, 11) is 0. The van der Waals surface area contributed by atoms with Crippen molar-refractivity contribution in [3.63, 3.8) is 0 Å². The number of para-hydroxylation sites is 1. The molecule has 0 spiro atoms. The topological polar surface area (TPSA) is 99.2 Å². The number of nitrogens with zero attached hydrogens (tertiary/aromatic N) is 2. The normalized spacial score (nSPS) is 10.4. The van der Waals surface area contributed by atoms with E-state index in [-0.39, 0.29) is 11.3 Å². The molecule has 0 unspecified atom stereocenters. The van der Waals surface area contributed by atoms with Gasteiger partial charge in [-0.15, -0.1) is 0 Å². The zero-order valence-corrected chi connectivity index (χ0v) is 15.2. The maximum Gasteiger partial charge on any atom is 0.338 e. The number of carbonyl (C=O) groups excluding carboxylic acids is 2. The number of amides is 1. The number of anilines is 2. The molecule has 0 atom stereocenters. The number of nitrogens with two attached hydrogens (primary N) is 1. The van der Waals surface area contributed by atoms with Gasteiger partial charge in [0.05, 0.1) is 27.7 Å². The first-order valence-corrected chi connectivity index (χ1v) is 8.46. The van der Waals surface area contributed by atoms with Gasteiger partial charge in [-0.3, -0.25) is 4.79 Å². The number of halogens is 1. The Labute approximate surface area is 160 Å². The Morgan fingerprint density at radius 3 is 2.63 bits per heavy atom. The Bertz CT molecular complexity index is 986. The zero-order valence-electron chi connectivity index (χ0n) is 14.5. The van der Waals surface area contributed by atoms with E-state index in [9.17, 15) is 9.59 Å². The van der Waals surface area contributed by atoms with Crippen LogP contribution in [0.4, 0.5) is 11.5 Å². The fourth-order valence-corrected chi connectivity index (χ4v) is 2.54. The number of aromatic nitrogens is 2. The van der Waals surface area contributed by atoms with Crippen LogP contribution in [0.25, 0.3) is 5.69 Å². The average Bonchev–Trinajstić information content (AvgIpc) is 3.02. The average molecular weight is 385 g/mol. The second-order valence-corrected chi connectivity index (χ2v) is 6.19. The number of ether oxygens (including phenoxy) is 1. The van der Waals surface area contributed by atoms with Gasteiger partial charge < -0.3 is 15.8 Å². The van der Waals surface area contributed by atoms with E-state index in [1.54, 1.807) is 10.7 Å². The molecule has 2 aromatic carbocycles. The Morgan fingerprint density at radius 2 is 1.93 bits per heavy atom. The Kier molecular flexibility index (Phi) is 5.42. The molecule has 138 valence electrons. The van der Waals surface area contributed by atoms with Gasteiger partial charge in [0.2, 0.25) is 0 Å². The lowest BCUT2D eigenvalue weighted by Gasteiger charge is -2.09. The molecular weight excluding hydrogens is 368 g/mol. The lowest BCUT2D eigenvalue weighted by molar-refractivity contribution is -0.119. The van der Waals surface area contributed by atoms with Crippen LogP contribution < -0.4 is 11.1 Å². The van der Waals surface area contributed by atoms with Gasteiger partial charge >= 0.3 is 5.97 Å². The van der Waals surface area contributed by atoms with Crippen molar-refractivity contribution in [2.75, 3.05) is 17.7 Å². The van der Waals surface area contributed by atoms with Crippen molar-refractivity contribution in [2.24, 2.45) is 0 Å². The summed E-state index contributed by atoms with van der Waals surface area (Å²) in [4.78, 5) is 24.2. The maximum absolute atomic E-state index is 12.2. The molecule has 0 bridgehead atoms. The molecule has 3 rings (SSSR count). The molecule has 3 aromatic rings. The molecule has 7 nitrogen and oxygen atoms in total. The number of nitrogen functional groups attached to an aromatic ring is 1. The second-order valence-electron chi connectivity index (χ2n) is 5.78. The van der Waals surface area contributed by atoms with E-state index in [0.717, 1.165) is 11.4 Å². The van der Waals surface area contributed by atoms with Crippen molar-refractivity contribution in [1.82, 2.24) is 9.78 Å². The predicted octanol–water partition coefficient (Wildman–Crippen LogP) is 3.21. The molecule has 0 aliphatic rings. The molecule has 8 heteroatoms. The van der Waals surface area contributed by atoms with Gasteiger partial charge in [-0.1, -0.05) is 29.8 Å². The highest BCUT2D eigenvalue weighted by atomic mass is 35.5. The van der Waals surface area contributed by atoms with E-state index >= 15 is 0 Å². The largest absolute Gasteiger partial charge is 0.452 e. The number of rotatable bonds is 5. The number of aryl methyl sites for hydroxylation is 1. The van der Waals surface area contributed by atoms with Crippen molar-refractivity contribution >= 4 is 35.0 Å². The Hall–Kier alpha value is -3.32. The number of carbonyl (C=O) groups is 2. The standard InChI is InChI=1S/C19H17ClN4O3/c1-12-9-17(24(23-12)14-5-3-2-4-6-14)22-18(25)11-27-19(26)13-7-8-15(20)16(21)10-13/h2-10H,11,21H2,1H3,(H,22,25). The highest BCUT2D eigenvalue weighted by molar-refractivity contribution is 6.33. The molecule has 1 aromatic heterocycles. The summed E-state index contributed by atoms with van der Waals surface area (Å²) >= 11 is 5.82. The smallest absolute Gasteiger partial charge is 0.338 e. The summed E-state index contributed by atoms with van der Waals surface area (Å²) in [5, 5.41) is 7.40. The monoisotopic (exact) mass is 384 g/mol. The van der Waals surface area contributed by atoms with Crippen molar-refractivity contribution < 1.29 is 14.3 Å². The minimum atomic E-state index is -0.665. The summed E-state index contributed by atoms with van der Waals surface area (Å²) in [6, 6.07) is 15.5. The SMILES string of the molecule is Cc1cc(NC(=O)COC(=O)c2ccc(Cl)c(N)c2)n(-c2ccccc2)n1. The third kappa shape index (κ3) is 4.45. The first kappa shape index (κ1) is 18.5. The fourth-order valence-electron chi connectivity index (χ4n) is 2.42. The molecule has 27 heavy (non-hydrogen) atoms. The molecular formula is C19H17ClN4O3. The third-order valence-electron chi connectivity index (χ3n) is 3.67. The fraction of sp³-hybridized carbons (Fsp3) is 0.105. The summed E-state index contributed by atoms with van der Waals surface area (Å²) in [5.74, 6) is -0.667. The molecule has 0 radical (unpaired) electrons. The van der Waals surface area contributed by atoms with Gasteiger partial charge in [0.1, 0.15) is 5.82 Å². The van der Waals surface area contributed by atoms with Crippen LogP contribution in [-0.4, -0.2) is 28.3 Å². The first-order chi connectivity index (χ1) is 12.9. The molecule has 0 saturated carbocycles. The van der Waals surface area contributed by atoms with Crippen LogP contribution in [-0.2, 0) is 9.53 Å². The summed E-state index contributed by atoms with van der Waals surface area (Å²) in [6.07, 6.45) is 0. The van der Waals surface area contributed by atoms with E-state index in [1.165, 1.54) is 18.2 Å². The van der Waals surface area contributed by atoms with Crippen LogP contribution in [0.5, 0.6) is 0 Å². The lowest BCUT2D eigenvalue weighted by Crippen LogP contribution is -2.22. The van der Waals surface area contributed by atoms with Crippen LogP contribution in [0, 0.1) is 6.92 Å². The lowest BCUT2D eigenvalue weighted by atomic mass is 10.2. The summed E-state index contributed by atoms with van der Waals surface area (Å²) in [5.41, 5.74) is 7.68. The highest BCUT2D eigenvalue weighted by Gasteiger charge is 2.14. The number of benzene rings is 2. The Morgan fingerprint density at radius 1 is 1.19 bits per heavy atom. The molecule has 0 fully saturated rings. The van der Waals surface area contributed by atoms with E-state index in [2.05, 4.69) is 10.4 Å². The maximum atomic E-state index is 12.2. The van der Waals surface area contributed by atoms with Gasteiger partial charge in [-0.25, -0.2) is 9.48 Å². The van der Waals surface area contributed by atoms with Gasteiger partial charge in [0, 0.05) is 6.07 Å². The Balaban J connectivity index is 1.65. The van der Waals surface area contributed by atoms with Gasteiger partial charge in [0.15, 0.2) is 6.61 Å². The third-order valence-corrected chi connectivity index (χ3v) is 4.01. The molecule has 0 aliphatic heterocycles. The second kappa shape index (κ2) is 7.92. The quantitative estimate of drug-likeness (QED) is 0.519. The number of hydrogen-bond donors (Lipinski definition) is 2. The highest BCUT2D eigenvalue weighted by Crippen LogP contribution is 2.20. The minimum absolute atomic E-state index is 0.217. The molecule has 1 heterocycles. The first-order valence-electron chi connectivity index (χ1n) is 8.08. The molecule has 1 amide bonds. The van der Waals surface area contributed by atoms with Crippen LogP contribution >= 0.6 is 11.6 Å². The molecule has 3 N–H and O–H groups in total. The van der Waals surface area contributed by atoms with Crippen molar-refractivity contribution in [2.45, 2.75) is 6.92 Å². The van der Waals surface area contributed by atoms with Gasteiger partial charge in [-0.05, 0) is 37.3 Å². The van der Waals surface area contributed by atoms with E-state index in [1.807, 2.05) is 37.3 Å².